The molecule has 2 N–H and O–H groups in total. The number of hydrogen-bond donors (Lipinski definition) is 1. The second kappa shape index (κ2) is 3.70. The molecular formula is C11H14N2O. The van der Waals surface area contributed by atoms with E-state index in [4.69, 9.17) is 10.5 Å². The Bertz CT molecular complexity index is 356. The average molecular weight is 190 g/mol. The summed E-state index contributed by atoms with van der Waals surface area (Å²) in [5.74, 6) is 2.08. The smallest absolute Gasteiger partial charge is 0.121 e. The standard InChI is InChI=1S/C11H14N2O/c1-14-10-4-2-3-9(7-10)13-11(12)8-5-6-8/h2-4,7-8H,5-6H2,1H3,(H2,12,13). The first-order valence-corrected chi connectivity index (χ1v) is 4.77. The van der Waals surface area contributed by atoms with Gasteiger partial charge in [-0.3, -0.25) is 0 Å². The molecule has 3 nitrogen and oxygen atoms in total. The van der Waals surface area contributed by atoms with E-state index in [9.17, 15) is 0 Å². The van der Waals surface area contributed by atoms with Crippen LogP contribution in [-0.4, -0.2) is 12.9 Å². The van der Waals surface area contributed by atoms with E-state index in [2.05, 4.69) is 4.99 Å². The van der Waals surface area contributed by atoms with Crippen LogP contribution in [0.4, 0.5) is 5.69 Å². The van der Waals surface area contributed by atoms with Crippen molar-refractivity contribution in [3.05, 3.63) is 24.3 Å². The molecule has 0 saturated heterocycles. The molecular weight excluding hydrogens is 176 g/mol. The SMILES string of the molecule is COc1cccc(N=C(N)C2CC2)c1. The maximum Gasteiger partial charge on any atom is 0.121 e. The number of nitrogens with two attached hydrogens (primary N) is 1. The fraction of sp³-hybridized carbons (Fsp3) is 0.364. The van der Waals surface area contributed by atoms with Crippen LogP contribution in [0.15, 0.2) is 29.3 Å². The first kappa shape index (κ1) is 9.06. The Balaban J connectivity index is 2.18. The summed E-state index contributed by atoms with van der Waals surface area (Å²) in [4.78, 5) is 4.34. The van der Waals surface area contributed by atoms with E-state index in [-0.39, 0.29) is 0 Å². The first-order valence-electron chi connectivity index (χ1n) is 4.77. The Labute approximate surface area is 83.6 Å². The first-order chi connectivity index (χ1) is 6.79. The largest absolute Gasteiger partial charge is 0.497 e. The van der Waals surface area contributed by atoms with Crippen LogP contribution in [-0.2, 0) is 0 Å². The minimum atomic E-state index is 0.515. The van der Waals surface area contributed by atoms with Gasteiger partial charge in [0.25, 0.3) is 0 Å². The van der Waals surface area contributed by atoms with Crippen molar-refractivity contribution in [2.75, 3.05) is 7.11 Å². The van der Waals surface area contributed by atoms with Crippen LogP contribution in [0, 0.1) is 5.92 Å². The molecule has 0 bridgehead atoms. The number of nitrogens with zero attached hydrogens (tertiary/aromatic N) is 1. The molecule has 0 amide bonds. The van der Waals surface area contributed by atoms with Gasteiger partial charge in [-0.25, -0.2) is 4.99 Å². The summed E-state index contributed by atoms with van der Waals surface area (Å²) < 4.78 is 5.10. The summed E-state index contributed by atoms with van der Waals surface area (Å²) in [6.45, 7) is 0. The van der Waals surface area contributed by atoms with E-state index in [1.165, 1.54) is 12.8 Å². The van der Waals surface area contributed by atoms with Gasteiger partial charge < -0.3 is 10.5 Å². The summed E-state index contributed by atoms with van der Waals surface area (Å²) in [6, 6.07) is 7.62. The molecule has 0 aromatic heterocycles. The molecule has 2 rings (SSSR count). The Hall–Kier alpha value is -1.51. The van der Waals surface area contributed by atoms with Crippen LogP contribution in [0.25, 0.3) is 0 Å². The van der Waals surface area contributed by atoms with Gasteiger partial charge in [0.1, 0.15) is 11.6 Å². The van der Waals surface area contributed by atoms with Crippen molar-refractivity contribution in [3.8, 4) is 5.75 Å². The quantitative estimate of drug-likeness (QED) is 0.586. The lowest BCUT2D eigenvalue weighted by molar-refractivity contribution is 0.415. The zero-order valence-electron chi connectivity index (χ0n) is 8.23. The number of amidine groups is 1. The van der Waals surface area contributed by atoms with Crippen molar-refractivity contribution in [2.24, 2.45) is 16.6 Å². The van der Waals surface area contributed by atoms with E-state index in [1.807, 2.05) is 24.3 Å². The molecule has 74 valence electrons. The zero-order valence-corrected chi connectivity index (χ0v) is 8.23. The highest BCUT2D eigenvalue weighted by atomic mass is 16.5. The number of aliphatic imine (C=N–C) groups is 1. The Kier molecular flexibility index (Phi) is 2.39. The van der Waals surface area contributed by atoms with Crippen LogP contribution >= 0.6 is 0 Å². The van der Waals surface area contributed by atoms with Crippen LogP contribution in [0.5, 0.6) is 5.75 Å². The highest BCUT2D eigenvalue weighted by Gasteiger charge is 2.25. The molecule has 0 aliphatic heterocycles. The predicted molar refractivity (Wildman–Crippen MR) is 57.0 cm³/mol. The van der Waals surface area contributed by atoms with Crippen molar-refractivity contribution >= 4 is 11.5 Å². The Morgan fingerprint density at radius 3 is 2.93 bits per heavy atom. The molecule has 14 heavy (non-hydrogen) atoms. The van der Waals surface area contributed by atoms with Gasteiger partial charge in [-0.15, -0.1) is 0 Å². The van der Waals surface area contributed by atoms with Gasteiger partial charge >= 0.3 is 0 Å². The van der Waals surface area contributed by atoms with Gasteiger partial charge in [0, 0.05) is 12.0 Å². The van der Waals surface area contributed by atoms with E-state index in [0.717, 1.165) is 17.3 Å². The molecule has 1 saturated carbocycles. The van der Waals surface area contributed by atoms with E-state index >= 15 is 0 Å². The minimum absolute atomic E-state index is 0.515. The molecule has 0 atom stereocenters. The fourth-order valence-electron chi connectivity index (χ4n) is 1.30. The molecule has 1 aliphatic carbocycles. The summed E-state index contributed by atoms with van der Waals surface area (Å²) >= 11 is 0. The van der Waals surface area contributed by atoms with Gasteiger partial charge in [-0.05, 0) is 25.0 Å². The third kappa shape index (κ3) is 2.05. The maximum absolute atomic E-state index is 5.81. The summed E-state index contributed by atoms with van der Waals surface area (Å²) in [6.07, 6.45) is 2.36. The topological polar surface area (TPSA) is 47.6 Å². The van der Waals surface area contributed by atoms with E-state index in [1.54, 1.807) is 7.11 Å². The molecule has 1 aromatic rings. The maximum atomic E-state index is 5.81. The fourth-order valence-corrected chi connectivity index (χ4v) is 1.30. The summed E-state index contributed by atoms with van der Waals surface area (Å²) in [5, 5.41) is 0. The van der Waals surface area contributed by atoms with Crippen LogP contribution in [0.2, 0.25) is 0 Å². The summed E-state index contributed by atoms with van der Waals surface area (Å²) in [5.41, 5.74) is 6.68. The normalized spacial score (nSPS) is 16.8. The lowest BCUT2D eigenvalue weighted by atomic mass is 10.3. The van der Waals surface area contributed by atoms with Crippen molar-refractivity contribution < 1.29 is 4.74 Å². The van der Waals surface area contributed by atoms with Gasteiger partial charge in [0.05, 0.1) is 12.8 Å². The number of ether oxygens (including phenoxy) is 1. The third-order valence-electron chi connectivity index (χ3n) is 2.31. The number of methoxy groups -OCH3 is 1. The second-order valence-corrected chi connectivity index (χ2v) is 3.51. The van der Waals surface area contributed by atoms with Gasteiger partial charge in [-0.1, -0.05) is 6.07 Å². The Morgan fingerprint density at radius 2 is 2.29 bits per heavy atom. The van der Waals surface area contributed by atoms with Crippen LogP contribution in [0.1, 0.15) is 12.8 Å². The zero-order chi connectivity index (χ0) is 9.97. The van der Waals surface area contributed by atoms with Crippen molar-refractivity contribution in [2.45, 2.75) is 12.8 Å². The molecule has 3 heteroatoms. The Morgan fingerprint density at radius 1 is 1.50 bits per heavy atom. The highest BCUT2D eigenvalue weighted by Crippen LogP contribution is 2.30. The van der Waals surface area contributed by atoms with Crippen LogP contribution < -0.4 is 10.5 Å². The van der Waals surface area contributed by atoms with Gasteiger partial charge in [0.15, 0.2) is 0 Å². The second-order valence-electron chi connectivity index (χ2n) is 3.51. The van der Waals surface area contributed by atoms with Crippen LogP contribution in [0.3, 0.4) is 0 Å². The van der Waals surface area contributed by atoms with Crippen molar-refractivity contribution in [1.82, 2.24) is 0 Å². The number of rotatable bonds is 3. The van der Waals surface area contributed by atoms with Crippen molar-refractivity contribution in [1.29, 1.82) is 0 Å². The number of hydrogen-bond acceptors (Lipinski definition) is 2. The van der Waals surface area contributed by atoms with E-state index in [0.29, 0.717) is 5.92 Å². The van der Waals surface area contributed by atoms with E-state index < -0.39 is 0 Å². The van der Waals surface area contributed by atoms with Gasteiger partial charge in [-0.2, -0.15) is 0 Å². The molecule has 0 radical (unpaired) electrons. The molecule has 1 aromatic carbocycles. The number of benzene rings is 1. The average Bonchev–Trinajstić information content (AvgIpc) is 3.01. The molecule has 0 spiro atoms. The lowest BCUT2D eigenvalue weighted by Crippen LogP contribution is -2.12. The van der Waals surface area contributed by atoms with Gasteiger partial charge in [0.2, 0.25) is 0 Å². The van der Waals surface area contributed by atoms with Crippen molar-refractivity contribution in [3.63, 3.8) is 0 Å². The molecule has 0 heterocycles. The minimum Gasteiger partial charge on any atom is -0.497 e. The molecule has 1 fully saturated rings. The predicted octanol–water partition coefficient (Wildman–Crippen LogP) is 2.09. The lowest BCUT2D eigenvalue weighted by Gasteiger charge is -2.01. The summed E-state index contributed by atoms with van der Waals surface area (Å²) in [7, 11) is 1.65. The molecule has 1 aliphatic rings. The monoisotopic (exact) mass is 190 g/mol. The molecule has 0 unspecified atom stereocenters. The highest BCUT2D eigenvalue weighted by molar-refractivity contribution is 5.87. The third-order valence-corrected chi connectivity index (χ3v) is 2.31.